The van der Waals surface area contributed by atoms with Crippen LogP contribution in [-0.4, -0.2) is 40.4 Å². The van der Waals surface area contributed by atoms with Crippen LogP contribution in [0.4, 0.5) is 5.69 Å². The second kappa shape index (κ2) is 9.41. The monoisotopic (exact) mass is 428 g/mol. The van der Waals surface area contributed by atoms with Crippen LogP contribution >= 0.6 is 11.6 Å². The number of carbonyl (C=O) groups is 2. The number of hydrogen-bond acceptors (Lipinski definition) is 6. The number of methoxy groups -OCH3 is 1. The number of benzene rings is 1. The van der Waals surface area contributed by atoms with Crippen LogP contribution in [0.2, 0.25) is 5.02 Å². The lowest BCUT2D eigenvalue weighted by atomic mass is 10.1. The highest BCUT2D eigenvalue weighted by Gasteiger charge is 2.23. The third-order valence-electron chi connectivity index (χ3n) is 4.21. The first kappa shape index (κ1) is 21.3. The second-order valence-corrected chi connectivity index (χ2v) is 7.08. The van der Waals surface area contributed by atoms with Gasteiger partial charge in [0.2, 0.25) is 0 Å². The molecule has 0 saturated heterocycles. The van der Waals surface area contributed by atoms with Gasteiger partial charge in [0.1, 0.15) is 11.3 Å². The normalized spacial score (nSPS) is 10.7. The Balaban J connectivity index is 1.68. The molecule has 2 heterocycles. The number of nitrogens with one attached hydrogen (secondary N) is 1. The van der Waals surface area contributed by atoms with Gasteiger partial charge in [-0.15, -0.1) is 0 Å². The Morgan fingerprint density at radius 1 is 1.23 bits per heavy atom. The topological polar surface area (TPSA) is 95.3 Å². The van der Waals surface area contributed by atoms with Crippen LogP contribution < -0.4 is 10.1 Å². The van der Waals surface area contributed by atoms with Crippen molar-refractivity contribution >= 4 is 29.2 Å². The Morgan fingerprint density at radius 2 is 2.03 bits per heavy atom. The summed E-state index contributed by atoms with van der Waals surface area (Å²) in [5.74, 6) is -0.0643. The van der Waals surface area contributed by atoms with E-state index in [1.165, 1.54) is 13.3 Å². The van der Waals surface area contributed by atoms with Crippen LogP contribution in [0.15, 0.2) is 48.8 Å². The van der Waals surface area contributed by atoms with Gasteiger partial charge in [-0.05, 0) is 36.2 Å². The highest BCUT2D eigenvalue weighted by molar-refractivity contribution is 6.32. The molecule has 0 atom stereocenters. The van der Waals surface area contributed by atoms with Gasteiger partial charge in [-0.1, -0.05) is 31.5 Å². The number of ether oxygens (including phenoxy) is 2. The van der Waals surface area contributed by atoms with Crippen molar-refractivity contribution in [1.29, 1.82) is 0 Å². The molecule has 0 aliphatic carbocycles. The van der Waals surface area contributed by atoms with Crippen molar-refractivity contribution in [1.82, 2.24) is 14.8 Å². The largest absolute Gasteiger partial charge is 0.495 e. The Bertz CT molecular complexity index is 1050. The summed E-state index contributed by atoms with van der Waals surface area (Å²) >= 11 is 6.04. The third-order valence-corrected chi connectivity index (χ3v) is 4.50. The minimum Gasteiger partial charge on any atom is -0.495 e. The lowest BCUT2D eigenvalue weighted by molar-refractivity contribution is -0.119. The zero-order valence-electron chi connectivity index (χ0n) is 16.8. The number of carbonyl (C=O) groups excluding carboxylic acids is 2. The maximum Gasteiger partial charge on any atom is 0.342 e. The van der Waals surface area contributed by atoms with Crippen molar-refractivity contribution in [3.63, 3.8) is 0 Å². The zero-order valence-corrected chi connectivity index (χ0v) is 17.5. The van der Waals surface area contributed by atoms with Gasteiger partial charge in [0.05, 0.1) is 24.0 Å². The molecule has 0 spiro atoms. The molecule has 1 N–H and O–H groups in total. The molecule has 2 aromatic heterocycles. The molecule has 0 radical (unpaired) electrons. The van der Waals surface area contributed by atoms with E-state index in [0.717, 1.165) is 0 Å². The summed E-state index contributed by atoms with van der Waals surface area (Å²) in [6.07, 6.45) is 3.07. The maximum atomic E-state index is 12.6. The molecule has 1 aromatic carbocycles. The van der Waals surface area contributed by atoms with Crippen LogP contribution in [0.3, 0.4) is 0 Å². The molecule has 3 rings (SSSR count). The molecule has 0 unspecified atom stereocenters. The predicted molar refractivity (Wildman–Crippen MR) is 112 cm³/mol. The molecule has 0 bridgehead atoms. The number of nitrogens with zero attached hydrogens (tertiary/aromatic N) is 3. The molecule has 0 fully saturated rings. The number of pyridine rings is 1. The third kappa shape index (κ3) is 4.77. The quantitative estimate of drug-likeness (QED) is 0.574. The fourth-order valence-corrected chi connectivity index (χ4v) is 3.14. The smallest absolute Gasteiger partial charge is 0.342 e. The molecular weight excluding hydrogens is 408 g/mol. The van der Waals surface area contributed by atoms with E-state index in [2.05, 4.69) is 15.4 Å². The minimum atomic E-state index is -0.635. The molecule has 3 aromatic rings. The lowest BCUT2D eigenvalue weighted by Crippen LogP contribution is -2.21. The number of anilines is 1. The average Bonchev–Trinajstić information content (AvgIpc) is 3.18. The van der Waals surface area contributed by atoms with Gasteiger partial charge in [-0.2, -0.15) is 5.10 Å². The van der Waals surface area contributed by atoms with Crippen molar-refractivity contribution in [2.75, 3.05) is 19.0 Å². The molecule has 156 valence electrons. The highest BCUT2D eigenvalue weighted by atomic mass is 35.5. The van der Waals surface area contributed by atoms with E-state index in [1.807, 2.05) is 19.9 Å². The summed E-state index contributed by atoms with van der Waals surface area (Å²) in [5.41, 5.74) is 1.41. The molecule has 0 aliphatic rings. The second-order valence-electron chi connectivity index (χ2n) is 6.67. The lowest BCUT2D eigenvalue weighted by Gasteiger charge is -2.12. The summed E-state index contributed by atoms with van der Waals surface area (Å²) in [7, 11) is 1.50. The first-order valence-electron chi connectivity index (χ1n) is 9.20. The van der Waals surface area contributed by atoms with Crippen LogP contribution in [0.1, 0.15) is 35.8 Å². The Labute approximate surface area is 178 Å². The molecule has 1 amide bonds. The van der Waals surface area contributed by atoms with E-state index in [0.29, 0.717) is 28.0 Å². The number of hydrogen-bond donors (Lipinski definition) is 1. The van der Waals surface area contributed by atoms with Crippen LogP contribution in [-0.2, 0) is 9.53 Å². The van der Waals surface area contributed by atoms with Crippen LogP contribution in [0.5, 0.6) is 5.75 Å². The molecule has 9 heteroatoms. The summed E-state index contributed by atoms with van der Waals surface area (Å²) in [5, 5.41) is 7.26. The van der Waals surface area contributed by atoms with E-state index < -0.39 is 18.5 Å². The van der Waals surface area contributed by atoms with Crippen LogP contribution in [0.25, 0.3) is 5.82 Å². The fourth-order valence-electron chi connectivity index (χ4n) is 2.88. The zero-order chi connectivity index (χ0) is 21.7. The van der Waals surface area contributed by atoms with Crippen molar-refractivity contribution in [2.45, 2.75) is 19.8 Å². The van der Waals surface area contributed by atoms with E-state index in [-0.39, 0.29) is 11.5 Å². The van der Waals surface area contributed by atoms with E-state index >= 15 is 0 Å². The standard InChI is InChI=1S/C21H21ClN4O4/c1-13(2)20-15(11-24-26(20)18-6-4-5-9-23-18)21(28)30-12-19(27)25-14-7-8-17(29-3)16(22)10-14/h4-11,13H,12H2,1-3H3,(H,25,27). The van der Waals surface area contributed by atoms with E-state index in [4.69, 9.17) is 21.1 Å². The van der Waals surface area contributed by atoms with E-state index in [1.54, 1.807) is 41.2 Å². The highest BCUT2D eigenvalue weighted by Crippen LogP contribution is 2.27. The number of amides is 1. The molecule has 30 heavy (non-hydrogen) atoms. The summed E-state index contributed by atoms with van der Waals surface area (Å²) < 4.78 is 11.9. The summed E-state index contributed by atoms with van der Waals surface area (Å²) in [6, 6.07) is 10.2. The first-order valence-corrected chi connectivity index (χ1v) is 9.58. The molecular formula is C21H21ClN4O4. The van der Waals surface area contributed by atoms with Gasteiger partial charge in [0.25, 0.3) is 5.91 Å². The summed E-state index contributed by atoms with van der Waals surface area (Å²) in [4.78, 5) is 29.0. The van der Waals surface area contributed by atoms with Gasteiger partial charge in [0, 0.05) is 11.9 Å². The van der Waals surface area contributed by atoms with Gasteiger partial charge < -0.3 is 14.8 Å². The number of aromatic nitrogens is 3. The molecule has 8 nitrogen and oxygen atoms in total. The summed E-state index contributed by atoms with van der Waals surface area (Å²) in [6.45, 7) is 3.43. The van der Waals surface area contributed by atoms with E-state index in [9.17, 15) is 9.59 Å². The van der Waals surface area contributed by atoms with Crippen molar-refractivity contribution in [3.8, 4) is 11.6 Å². The predicted octanol–water partition coefficient (Wildman–Crippen LogP) is 3.85. The van der Waals surface area contributed by atoms with Gasteiger partial charge >= 0.3 is 5.97 Å². The Hall–Kier alpha value is -3.39. The number of esters is 1. The van der Waals surface area contributed by atoms with Crippen molar-refractivity contribution < 1.29 is 19.1 Å². The maximum absolute atomic E-state index is 12.6. The SMILES string of the molecule is COc1ccc(NC(=O)COC(=O)c2cnn(-c3ccccn3)c2C(C)C)cc1Cl. The minimum absolute atomic E-state index is 0.0210. The van der Waals surface area contributed by atoms with Crippen molar-refractivity contribution in [3.05, 3.63) is 65.1 Å². The Kier molecular flexibility index (Phi) is 6.68. The van der Waals surface area contributed by atoms with Gasteiger partial charge in [-0.25, -0.2) is 14.5 Å². The van der Waals surface area contributed by atoms with Crippen molar-refractivity contribution in [2.24, 2.45) is 0 Å². The first-order chi connectivity index (χ1) is 14.4. The number of rotatable bonds is 7. The molecule has 0 aliphatic heterocycles. The Morgan fingerprint density at radius 3 is 2.67 bits per heavy atom. The average molecular weight is 429 g/mol. The number of halogens is 1. The van der Waals surface area contributed by atoms with Gasteiger partial charge in [0.15, 0.2) is 12.4 Å². The fraction of sp³-hybridized carbons (Fsp3) is 0.238. The molecule has 0 saturated carbocycles. The van der Waals surface area contributed by atoms with Crippen LogP contribution in [0, 0.1) is 0 Å². The van der Waals surface area contributed by atoms with Gasteiger partial charge in [-0.3, -0.25) is 4.79 Å².